The number of aliphatic hydroxyl groups excluding tert-OH is 1. The van der Waals surface area contributed by atoms with E-state index >= 15 is 0 Å². The average molecular weight is 251 g/mol. The quantitative estimate of drug-likeness (QED) is 0.892. The summed E-state index contributed by atoms with van der Waals surface area (Å²) in [5.41, 5.74) is 1.90. The first kappa shape index (κ1) is 13.2. The van der Waals surface area contributed by atoms with Gasteiger partial charge in [-0.15, -0.1) is 0 Å². The monoisotopic (exact) mass is 251 g/mol. The van der Waals surface area contributed by atoms with E-state index in [9.17, 15) is 5.11 Å². The molecule has 1 heterocycles. The summed E-state index contributed by atoms with van der Waals surface area (Å²) in [5.74, 6) is 0.738. The van der Waals surface area contributed by atoms with Crippen LogP contribution in [0.4, 0.5) is 5.69 Å². The van der Waals surface area contributed by atoms with Crippen LogP contribution in [-0.2, 0) is 4.74 Å². The fraction of sp³-hybridized carbons (Fsp3) is 0.571. The maximum Gasteiger partial charge on any atom is 0.126 e. The Morgan fingerprint density at radius 1 is 1.50 bits per heavy atom. The van der Waals surface area contributed by atoms with Crippen molar-refractivity contribution in [2.75, 3.05) is 31.7 Å². The number of hydrogen-bond acceptors (Lipinski definition) is 4. The van der Waals surface area contributed by atoms with Crippen LogP contribution in [0.2, 0.25) is 0 Å². The molecule has 0 saturated carbocycles. The van der Waals surface area contributed by atoms with Gasteiger partial charge in [0, 0.05) is 24.3 Å². The van der Waals surface area contributed by atoms with Gasteiger partial charge in [0.15, 0.2) is 0 Å². The predicted molar refractivity (Wildman–Crippen MR) is 71.3 cm³/mol. The SMILES string of the molecule is COc1cccc(N2CCOC(C)C2)c1[C@@H](C)O. The lowest BCUT2D eigenvalue weighted by molar-refractivity contribution is 0.0529. The third-order valence-corrected chi connectivity index (χ3v) is 3.26. The Labute approximate surface area is 108 Å². The summed E-state index contributed by atoms with van der Waals surface area (Å²) in [6.07, 6.45) is -0.332. The van der Waals surface area contributed by atoms with E-state index in [1.165, 1.54) is 0 Å². The number of aliphatic hydroxyl groups is 1. The van der Waals surface area contributed by atoms with Crippen molar-refractivity contribution in [3.63, 3.8) is 0 Å². The molecule has 0 spiro atoms. The lowest BCUT2D eigenvalue weighted by Gasteiger charge is -2.35. The van der Waals surface area contributed by atoms with Gasteiger partial charge in [-0.05, 0) is 26.0 Å². The first-order valence-corrected chi connectivity index (χ1v) is 6.35. The van der Waals surface area contributed by atoms with Crippen LogP contribution in [0.15, 0.2) is 18.2 Å². The highest BCUT2D eigenvalue weighted by atomic mass is 16.5. The molecule has 0 amide bonds. The van der Waals surface area contributed by atoms with E-state index in [1.807, 2.05) is 18.2 Å². The van der Waals surface area contributed by atoms with Gasteiger partial charge in [-0.1, -0.05) is 6.07 Å². The molecule has 1 aliphatic heterocycles. The number of rotatable bonds is 3. The Morgan fingerprint density at radius 3 is 2.89 bits per heavy atom. The Kier molecular flexibility index (Phi) is 4.09. The van der Waals surface area contributed by atoms with Gasteiger partial charge in [-0.2, -0.15) is 0 Å². The maximum absolute atomic E-state index is 9.98. The number of anilines is 1. The van der Waals surface area contributed by atoms with Crippen LogP contribution in [0.5, 0.6) is 5.75 Å². The van der Waals surface area contributed by atoms with E-state index in [4.69, 9.17) is 9.47 Å². The highest BCUT2D eigenvalue weighted by Gasteiger charge is 2.22. The van der Waals surface area contributed by atoms with E-state index < -0.39 is 6.10 Å². The molecule has 0 radical (unpaired) electrons. The van der Waals surface area contributed by atoms with Crippen LogP contribution in [0.3, 0.4) is 0 Å². The van der Waals surface area contributed by atoms with Crippen molar-refractivity contribution in [1.29, 1.82) is 0 Å². The van der Waals surface area contributed by atoms with E-state index in [1.54, 1.807) is 14.0 Å². The zero-order valence-corrected chi connectivity index (χ0v) is 11.2. The fourth-order valence-corrected chi connectivity index (χ4v) is 2.44. The van der Waals surface area contributed by atoms with Crippen LogP contribution in [0.25, 0.3) is 0 Å². The van der Waals surface area contributed by atoms with Crippen molar-refractivity contribution >= 4 is 5.69 Å². The Morgan fingerprint density at radius 2 is 2.28 bits per heavy atom. The summed E-state index contributed by atoms with van der Waals surface area (Å²) >= 11 is 0. The smallest absolute Gasteiger partial charge is 0.126 e. The molecule has 2 atom stereocenters. The number of morpholine rings is 1. The highest BCUT2D eigenvalue weighted by molar-refractivity contribution is 5.60. The summed E-state index contributed by atoms with van der Waals surface area (Å²) in [6.45, 7) is 6.24. The number of nitrogens with zero attached hydrogens (tertiary/aromatic N) is 1. The third-order valence-electron chi connectivity index (χ3n) is 3.26. The van der Waals surface area contributed by atoms with E-state index in [2.05, 4.69) is 11.8 Å². The Bertz CT molecular complexity index is 406. The highest BCUT2D eigenvalue weighted by Crippen LogP contribution is 2.35. The lowest BCUT2D eigenvalue weighted by Crippen LogP contribution is -2.41. The number of ether oxygens (including phenoxy) is 2. The molecular weight excluding hydrogens is 230 g/mol. The molecule has 18 heavy (non-hydrogen) atoms. The predicted octanol–water partition coefficient (Wildman–Crippen LogP) is 1.97. The van der Waals surface area contributed by atoms with Crippen LogP contribution in [-0.4, -0.2) is 38.0 Å². The summed E-state index contributed by atoms with van der Waals surface area (Å²) in [7, 11) is 1.63. The molecule has 1 N–H and O–H groups in total. The zero-order valence-electron chi connectivity index (χ0n) is 11.2. The molecular formula is C14H21NO3. The molecule has 4 nitrogen and oxygen atoms in total. The van der Waals surface area contributed by atoms with E-state index in [0.717, 1.165) is 36.7 Å². The van der Waals surface area contributed by atoms with Crippen molar-refractivity contribution < 1.29 is 14.6 Å². The van der Waals surface area contributed by atoms with Gasteiger partial charge in [-0.3, -0.25) is 0 Å². The van der Waals surface area contributed by atoms with Crippen molar-refractivity contribution in [2.24, 2.45) is 0 Å². The molecule has 0 aromatic heterocycles. The summed E-state index contributed by atoms with van der Waals surface area (Å²) < 4.78 is 10.9. The minimum atomic E-state index is -0.547. The summed E-state index contributed by atoms with van der Waals surface area (Å²) in [4.78, 5) is 2.25. The number of benzene rings is 1. The second-order valence-corrected chi connectivity index (χ2v) is 4.70. The molecule has 1 aromatic rings. The largest absolute Gasteiger partial charge is 0.496 e. The Balaban J connectivity index is 2.36. The summed E-state index contributed by atoms with van der Waals surface area (Å²) in [6, 6.07) is 5.87. The van der Waals surface area contributed by atoms with Gasteiger partial charge in [0.25, 0.3) is 0 Å². The molecule has 2 rings (SSSR count). The second-order valence-electron chi connectivity index (χ2n) is 4.70. The van der Waals surface area contributed by atoms with Gasteiger partial charge in [0.1, 0.15) is 5.75 Å². The van der Waals surface area contributed by atoms with Gasteiger partial charge in [-0.25, -0.2) is 0 Å². The van der Waals surface area contributed by atoms with Crippen LogP contribution >= 0.6 is 0 Å². The van der Waals surface area contributed by atoms with E-state index in [-0.39, 0.29) is 6.10 Å². The van der Waals surface area contributed by atoms with Crippen molar-refractivity contribution in [3.05, 3.63) is 23.8 Å². The van der Waals surface area contributed by atoms with Gasteiger partial charge in [0.05, 0.1) is 25.9 Å². The van der Waals surface area contributed by atoms with Crippen LogP contribution < -0.4 is 9.64 Å². The van der Waals surface area contributed by atoms with Gasteiger partial charge >= 0.3 is 0 Å². The first-order valence-electron chi connectivity index (χ1n) is 6.35. The molecule has 100 valence electrons. The molecule has 0 bridgehead atoms. The second kappa shape index (κ2) is 5.59. The zero-order chi connectivity index (χ0) is 13.1. The normalized spacial score (nSPS) is 21.8. The minimum absolute atomic E-state index is 0.215. The molecule has 1 aromatic carbocycles. The van der Waals surface area contributed by atoms with Crippen molar-refractivity contribution in [1.82, 2.24) is 0 Å². The minimum Gasteiger partial charge on any atom is -0.496 e. The molecule has 1 fully saturated rings. The van der Waals surface area contributed by atoms with Crippen molar-refractivity contribution in [3.8, 4) is 5.75 Å². The third kappa shape index (κ3) is 2.60. The van der Waals surface area contributed by atoms with Gasteiger partial charge in [0.2, 0.25) is 0 Å². The van der Waals surface area contributed by atoms with Crippen molar-refractivity contribution in [2.45, 2.75) is 26.1 Å². The van der Waals surface area contributed by atoms with Crippen LogP contribution in [0.1, 0.15) is 25.5 Å². The summed E-state index contributed by atoms with van der Waals surface area (Å²) in [5, 5.41) is 9.98. The fourth-order valence-electron chi connectivity index (χ4n) is 2.44. The maximum atomic E-state index is 9.98. The Hall–Kier alpha value is -1.26. The molecule has 0 aliphatic carbocycles. The molecule has 4 heteroatoms. The molecule has 1 saturated heterocycles. The molecule has 1 unspecified atom stereocenters. The topological polar surface area (TPSA) is 41.9 Å². The average Bonchev–Trinajstić information content (AvgIpc) is 2.37. The number of hydrogen-bond donors (Lipinski definition) is 1. The van der Waals surface area contributed by atoms with Crippen LogP contribution in [0, 0.1) is 0 Å². The first-order chi connectivity index (χ1) is 8.63. The number of methoxy groups -OCH3 is 1. The lowest BCUT2D eigenvalue weighted by atomic mass is 10.0. The van der Waals surface area contributed by atoms with Gasteiger partial charge < -0.3 is 19.5 Å². The standard InChI is InChI=1S/C14H21NO3/c1-10-9-15(7-8-18-10)12-5-4-6-13(17-3)14(12)11(2)16/h4-6,10-11,16H,7-9H2,1-3H3/t10?,11-/m1/s1. The van der Waals surface area contributed by atoms with E-state index in [0.29, 0.717) is 0 Å². The molecule has 1 aliphatic rings.